The van der Waals surface area contributed by atoms with Crippen LogP contribution in [0.3, 0.4) is 0 Å². The van der Waals surface area contributed by atoms with Gasteiger partial charge in [-0.3, -0.25) is 9.59 Å². The minimum absolute atomic E-state index is 0.0900. The van der Waals surface area contributed by atoms with Crippen molar-refractivity contribution in [2.24, 2.45) is 0 Å². The molecule has 26 heavy (non-hydrogen) atoms. The monoisotopic (exact) mass is 386 g/mol. The van der Waals surface area contributed by atoms with E-state index in [0.717, 1.165) is 11.8 Å². The first-order chi connectivity index (χ1) is 12.6. The summed E-state index contributed by atoms with van der Waals surface area (Å²) in [5.74, 6) is -0.700. The Morgan fingerprint density at radius 3 is 2.46 bits per heavy atom. The van der Waals surface area contributed by atoms with E-state index in [9.17, 15) is 14.0 Å². The fraction of sp³-hybridized carbons (Fsp3) is 0.0526. The molecule has 0 fully saturated rings. The van der Waals surface area contributed by atoms with Gasteiger partial charge in [0.05, 0.1) is 10.6 Å². The first-order valence-corrected chi connectivity index (χ1v) is 9.60. The second kappa shape index (κ2) is 8.64. The van der Waals surface area contributed by atoms with Gasteiger partial charge in [-0.2, -0.15) is 0 Å². The van der Waals surface area contributed by atoms with E-state index in [4.69, 9.17) is 0 Å². The summed E-state index contributed by atoms with van der Waals surface area (Å²) in [6.45, 7) is 0. The molecule has 0 aliphatic carbocycles. The quantitative estimate of drug-likeness (QED) is 0.594. The fourth-order valence-electron chi connectivity index (χ4n) is 2.18. The summed E-state index contributed by atoms with van der Waals surface area (Å²) >= 11 is 2.49. The van der Waals surface area contributed by atoms with E-state index >= 15 is 0 Å². The van der Waals surface area contributed by atoms with Crippen LogP contribution in [0.1, 0.15) is 9.67 Å². The Bertz CT molecular complexity index is 913. The van der Waals surface area contributed by atoms with Gasteiger partial charge in [-0.15, -0.1) is 23.1 Å². The number of benzene rings is 2. The summed E-state index contributed by atoms with van der Waals surface area (Å²) in [6.07, 6.45) is 0. The number of hydrogen-bond donors (Lipinski definition) is 2. The van der Waals surface area contributed by atoms with Crippen LogP contribution in [0.25, 0.3) is 0 Å². The minimum Gasteiger partial charge on any atom is -0.325 e. The fourth-order valence-corrected chi connectivity index (χ4v) is 3.54. The molecule has 4 nitrogen and oxygen atoms in total. The molecule has 0 atom stereocenters. The lowest BCUT2D eigenvalue weighted by Crippen LogP contribution is -2.15. The number of carbonyl (C=O) groups is 2. The first-order valence-electron chi connectivity index (χ1n) is 7.74. The Hall–Kier alpha value is -2.64. The van der Waals surface area contributed by atoms with Crippen molar-refractivity contribution >= 4 is 46.3 Å². The van der Waals surface area contributed by atoms with Gasteiger partial charge in [0.15, 0.2) is 0 Å². The lowest BCUT2D eigenvalue weighted by molar-refractivity contribution is -0.113. The normalized spacial score (nSPS) is 10.3. The molecular weight excluding hydrogens is 371 g/mol. The van der Waals surface area contributed by atoms with Gasteiger partial charge in [0, 0.05) is 16.3 Å². The molecule has 2 amide bonds. The molecule has 132 valence electrons. The summed E-state index contributed by atoms with van der Waals surface area (Å²) in [5, 5.41) is 7.37. The van der Waals surface area contributed by atoms with Gasteiger partial charge >= 0.3 is 0 Å². The molecule has 0 spiro atoms. The standard InChI is InChI=1S/C19H15FN2O2S2/c20-15-7-1-2-8-16(15)26-12-18(23)21-13-5-3-6-14(11-13)22-19(24)17-9-4-10-25-17/h1-11H,12H2,(H,21,23)(H,22,24). The highest BCUT2D eigenvalue weighted by molar-refractivity contribution is 8.00. The zero-order chi connectivity index (χ0) is 18.4. The van der Waals surface area contributed by atoms with E-state index in [-0.39, 0.29) is 23.4 Å². The molecule has 0 aliphatic heterocycles. The molecular formula is C19H15FN2O2S2. The molecule has 3 rings (SSSR count). The van der Waals surface area contributed by atoms with Gasteiger partial charge in [-0.1, -0.05) is 24.3 Å². The van der Waals surface area contributed by atoms with Crippen LogP contribution in [0, 0.1) is 5.82 Å². The SMILES string of the molecule is O=C(CSc1ccccc1F)Nc1cccc(NC(=O)c2cccs2)c1. The third kappa shape index (κ3) is 4.93. The van der Waals surface area contributed by atoms with E-state index < -0.39 is 0 Å². The number of thiophene rings is 1. The molecule has 2 N–H and O–H groups in total. The predicted molar refractivity (Wildman–Crippen MR) is 104 cm³/mol. The Balaban J connectivity index is 1.57. The summed E-state index contributed by atoms with van der Waals surface area (Å²) < 4.78 is 13.6. The summed E-state index contributed by atoms with van der Waals surface area (Å²) in [6, 6.07) is 16.8. The number of hydrogen-bond acceptors (Lipinski definition) is 4. The number of rotatable bonds is 6. The van der Waals surface area contributed by atoms with Crippen molar-refractivity contribution < 1.29 is 14.0 Å². The Labute approximate surface area is 158 Å². The van der Waals surface area contributed by atoms with E-state index in [0.29, 0.717) is 21.1 Å². The second-order valence-corrected chi connectivity index (χ2v) is 7.24. The van der Waals surface area contributed by atoms with Crippen molar-refractivity contribution in [2.75, 3.05) is 16.4 Å². The van der Waals surface area contributed by atoms with Crippen molar-refractivity contribution in [3.05, 3.63) is 76.7 Å². The molecule has 7 heteroatoms. The number of anilines is 2. The maximum absolute atomic E-state index is 13.6. The van der Waals surface area contributed by atoms with E-state index in [1.54, 1.807) is 48.5 Å². The lowest BCUT2D eigenvalue weighted by Gasteiger charge is -2.08. The number of thioether (sulfide) groups is 1. The van der Waals surface area contributed by atoms with Gasteiger partial charge in [0.25, 0.3) is 5.91 Å². The van der Waals surface area contributed by atoms with Crippen LogP contribution in [0.4, 0.5) is 15.8 Å². The van der Waals surface area contributed by atoms with Crippen LogP contribution in [0.15, 0.2) is 70.9 Å². The Kier molecular flexibility index (Phi) is 6.04. The second-order valence-electron chi connectivity index (χ2n) is 5.28. The number of amides is 2. The molecule has 1 heterocycles. The van der Waals surface area contributed by atoms with Gasteiger partial charge < -0.3 is 10.6 Å². The zero-order valence-electron chi connectivity index (χ0n) is 13.6. The average molecular weight is 386 g/mol. The largest absolute Gasteiger partial charge is 0.325 e. The van der Waals surface area contributed by atoms with Crippen LogP contribution in [-0.2, 0) is 4.79 Å². The summed E-state index contributed by atoms with van der Waals surface area (Å²) in [7, 11) is 0. The van der Waals surface area contributed by atoms with E-state index in [1.165, 1.54) is 17.4 Å². The maximum atomic E-state index is 13.6. The number of nitrogens with one attached hydrogen (secondary N) is 2. The average Bonchev–Trinajstić information content (AvgIpc) is 3.16. The summed E-state index contributed by atoms with van der Waals surface area (Å²) in [5.41, 5.74) is 1.15. The molecule has 1 aromatic heterocycles. The third-order valence-corrected chi connectivity index (χ3v) is 5.26. The topological polar surface area (TPSA) is 58.2 Å². The number of carbonyl (C=O) groups excluding carboxylic acids is 2. The lowest BCUT2D eigenvalue weighted by atomic mass is 10.2. The van der Waals surface area contributed by atoms with Gasteiger partial charge in [-0.05, 0) is 41.8 Å². The zero-order valence-corrected chi connectivity index (χ0v) is 15.2. The van der Waals surface area contributed by atoms with Crippen LogP contribution in [0.2, 0.25) is 0 Å². The number of halogens is 1. The van der Waals surface area contributed by atoms with Crippen molar-refractivity contribution in [1.82, 2.24) is 0 Å². The van der Waals surface area contributed by atoms with Crippen molar-refractivity contribution in [1.29, 1.82) is 0 Å². The van der Waals surface area contributed by atoms with Crippen LogP contribution >= 0.6 is 23.1 Å². The highest BCUT2D eigenvalue weighted by atomic mass is 32.2. The Morgan fingerprint density at radius 1 is 0.962 bits per heavy atom. The molecule has 0 unspecified atom stereocenters. The summed E-state index contributed by atoms with van der Waals surface area (Å²) in [4.78, 5) is 25.2. The van der Waals surface area contributed by atoms with Crippen LogP contribution in [0.5, 0.6) is 0 Å². The van der Waals surface area contributed by atoms with Crippen LogP contribution in [-0.4, -0.2) is 17.6 Å². The minimum atomic E-state index is -0.344. The molecule has 0 aliphatic rings. The highest BCUT2D eigenvalue weighted by Crippen LogP contribution is 2.22. The molecule has 0 saturated heterocycles. The highest BCUT2D eigenvalue weighted by Gasteiger charge is 2.09. The van der Waals surface area contributed by atoms with Gasteiger partial charge in [0.2, 0.25) is 5.91 Å². The molecule has 3 aromatic rings. The Morgan fingerprint density at radius 2 is 1.73 bits per heavy atom. The van der Waals surface area contributed by atoms with Crippen molar-refractivity contribution in [2.45, 2.75) is 4.90 Å². The predicted octanol–water partition coefficient (Wildman–Crippen LogP) is 4.87. The van der Waals surface area contributed by atoms with E-state index in [1.807, 2.05) is 11.4 Å². The van der Waals surface area contributed by atoms with Crippen molar-refractivity contribution in [3.63, 3.8) is 0 Å². The van der Waals surface area contributed by atoms with Gasteiger partial charge in [0.1, 0.15) is 5.82 Å². The molecule has 2 aromatic carbocycles. The third-order valence-electron chi connectivity index (χ3n) is 3.34. The molecule has 0 radical (unpaired) electrons. The van der Waals surface area contributed by atoms with Crippen LogP contribution < -0.4 is 10.6 Å². The molecule has 0 saturated carbocycles. The maximum Gasteiger partial charge on any atom is 0.265 e. The molecule has 0 bridgehead atoms. The first kappa shape index (κ1) is 18.2. The van der Waals surface area contributed by atoms with E-state index in [2.05, 4.69) is 10.6 Å². The smallest absolute Gasteiger partial charge is 0.265 e. The van der Waals surface area contributed by atoms with Gasteiger partial charge in [-0.25, -0.2) is 4.39 Å². The van der Waals surface area contributed by atoms with Crippen molar-refractivity contribution in [3.8, 4) is 0 Å².